The van der Waals surface area contributed by atoms with Crippen LogP contribution < -0.4 is 0 Å². The Hall–Kier alpha value is -0.550. The van der Waals surface area contributed by atoms with E-state index < -0.39 is 0 Å². The molecular weight excluding hydrogens is 469 g/mol. The van der Waals surface area contributed by atoms with Crippen LogP contribution in [-0.2, 0) is 4.74 Å². The van der Waals surface area contributed by atoms with Gasteiger partial charge in [0.1, 0.15) is 5.60 Å². The van der Waals surface area contributed by atoms with Crippen LogP contribution in [0.3, 0.4) is 0 Å². The van der Waals surface area contributed by atoms with E-state index in [2.05, 4.69) is 50.3 Å². The van der Waals surface area contributed by atoms with Crippen molar-refractivity contribution in [3.63, 3.8) is 0 Å². The van der Waals surface area contributed by atoms with Gasteiger partial charge in [0, 0.05) is 10.6 Å². The molecule has 1 aromatic carbocycles. The quantitative estimate of drug-likeness (QED) is 0.233. The minimum Gasteiger partial charge on any atom is -0.465 e. The molecule has 0 saturated heterocycles. The summed E-state index contributed by atoms with van der Waals surface area (Å²) in [5, 5.41) is 0.710. The fraction of sp³-hybridized carbons (Fsp3) is 0.609. The smallest absolute Gasteiger partial charge is 0.218 e. The monoisotopic (exact) mass is 501 g/mol. The summed E-state index contributed by atoms with van der Waals surface area (Å²) in [6.45, 7) is 9.02. The van der Waals surface area contributed by atoms with Crippen LogP contribution >= 0.6 is 34.2 Å². The van der Waals surface area contributed by atoms with Crippen LogP contribution in [0.25, 0.3) is 0 Å². The van der Waals surface area contributed by atoms with Gasteiger partial charge < -0.3 is 4.74 Å². The molecule has 1 aliphatic rings. The largest absolute Gasteiger partial charge is 0.465 e. The summed E-state index contributed by atoms with van der Waals surface area (Å²) in [7, 11) is 0. The van der Waals surface area contributed by atoms with Crippen molar-refractivity contribution in [2.24, 2.45) is 4.99 Å². The number of ether oxygens (including phenoxy) is 1. The average molecular weight is 502 g/mol. The maximum Gasteiger partial charge on any atom is 0.218 e. The molecule has 1 aromatic rings. The predicted octanol–water partition coefficient (Wildman–Crippen LogP) is 8.44. The number of nitrogens with zero attached hydrogens (tertiary/aromatic N) is 1. The van der Waals surface area contributed by atoms with Crippen LogP contribution in [-0.4, -0.2) is 15.4 Å². The molecule has 0 fully saturated rings. The lowest BCUT2D eigenvalue weighted by molar-refractivity contribution is 0.0923. The van der Waals surface area contributed by atoms with Gasteiger partial charge in [-0.15, -0.1) is 0 Å². The maximum absolute atomic E-state index is 6.80. The molecule has 1 heterocycles. The van der Waals surface area contributed by atoms with Crippen LogP contribution in [0.1, 0.15) is 79.1 Å². The average Bonchev–Trinajstić information content (AvgIpc) is 2.91. The number of alkyl halides is 1. The van der Waals surface area contributed by atoms with Crippen molar-refractivity contribution >= 4 is 45.8 Å². The molecule has 27 heavy (non-hydrogen) atoms. The Bertz CT molecular complexity index is 685. The third-order valence-corrected chi connectivity index (χ3v) is 6.98. The number of hydrogen-bond donors (Lipinski definition) is 0. The molecule has 0 bridgehead atoms. The maximum atomic E-state index is 6.80. The minimum absolute atomic E-state index is 0.205. The van der Waals surface area contributed by atoms with Gasteiger partial charge in [-0.25, -0.2) is 4.99 Å². The summed E-state index contributed by atoms with van der Waals surface area (Å²) < 4.78 is 7.26. The van der Waals surface area contributed by atoms with Gasteiger partial charge in [0.25, 0.3) is 0 Å². The molecular formula is C23H33ClINO. The molecule has 0 amide bonds. The highest BCUT2D eigenvalue weighted by Crippen LogP contribution is 2.47. The first kappa shape index (κ1) is 22.7. The van der Waals surface area contributed by atoms with E-state index in [1.54, 1.807) is 0 Å². The number of hydrogen-bond acceptors (Lipinski definition) is 2. The highest BCUT2D eigenvalue weighted by Gasteiger charge is 2.49. The van der Waals surface area contributed by atoms with Crippen LogP contribution in [0.15, 0.2) is 40.4 Å². The normalized spacial score (nSPS) is 22.4. The molecule has 150 valence electrons. The second kappa shape index (κ2) is 10.8. The SMILES string of the molecule is CCCC1=C(CCC)C(CCC)(C(I)CCC)OC1=Nc1cccc(Cl)c1. The van der Waals surface area contributed by atoms with Crippen LogP contribution in [0.2, 0.25) is 5.02 Å². The lowest BCUT2D eigenvalue weighted by Crippen LogP contribution is -2.41. The van der Waals surface area contributed by atoms with Crippen LogP contribution in [0, 0.1) is 0 Å². The van der Waals surface area contributed by atoms with Gasteiger partial charge in [-0.2, -0.15) is 0 Å². The Kier molecular flexibility index (Phi) is 9.13. The molecule has 2 unspecified atom stereocenters. The van der Waals surface area contributed by atoms with Gasteiger partial charge >= 0.3 is 0 Å². The van der Waals surface area contributed by atoms with E-state index in [0.29, 0.717) is 8.95 Å². The summed E-state index contributed by atoms with van der Waals surface area (Å²) in [6.07, 6.45) is 8.85. The zero-order chi connectivity index (χ0) is 19.9. The first-order valence-corrected chi connectivity index (χ1v) is 12.0. The molecule has 0 aromatic heterocycles. The topological polar surface area (TPSA) is 21.6 Å². The fourth-order valence-electron chi connectivity index (χ4n) is 4.02. The Balaban J connectivity index is 2.58. The van der Waals surface area contributed by atoms with Crippen molar-refractivity contribution in [2.75, 3.05) is 0 Å². The molecule has 0 radical (unpaired) electrons. The van der Waals surface area contributed by atoms with Crippen molar-refractivity contribution in [3.8, 4) is 0 Å². The van der Waals surface area contributed by atoms with Gasteiger partial charge in [0.05, 0.1) is 9.61 Å². The summed E-state index contributed by atoms with van der Waals surface area (Å²) in [4.78, 5) is 4.92. The van der Waals surface area contributed by atoms with Gasteiger partial charge in [-0.3, -0.25) is 0 Å². The third-order valence-electron chi connectivity index (χ3n) is 5.12. The highest BCUT2D eigenvalue weighted by molar-refractivity contribution is 14.1. The van der Waals surface area contributed by atoms with Crippen molar-refractivity contribution in [1.29, 1.82) is 0 Å². The minimum atomic E-state index is -0.205. The first-order chi connectivity index (χ1) is 13.0. The van der Waals surface area contributed by atoms with Crippen molar-refractivity contribution in [1.82, 2.24) is 0 Å². The standard InChI is InChI=1S/C23H33ClINO/c1-5-10-19-20(11-6-2)23(15-8-4,21(25)12-7-3)27-22(19)26-18-14-9-13-17(24)16-18/h9,13-14,16,21H,5-8,10-12,15H2,1-4H3. The van der Waals surface area contributed by atoms with Crippen molar-refractivity contribution < 1.29 is 4.74 Å². The zero-order valence-corrected chi connectivity index (χ0v) is 20.1. The van der Waals surface area contributed by atoms with Gasteiger partial charge in [-0.05, 0) is 49.5 Å². The van der Waals surface area contributed by atoms with Crippen LogP contribution in [0.4, 0.5) is 5.69 Å². The number of aliphatic imine (C=N–C) groups is 1. The molecule has 1 aliphatic heterocycles. The Morgan fingerprint density at radius 3 is 2.41 bits per heavy atom. The number of halogens is 2. The second-order valence-corrected chi connectivity index (χ2v) is 9.29. The van der Waals surface area contributed by atoms with Crippen molar-refractivity contribution in [2.45, 2.75) is 88.6 Å². The summed E-state index contributed by atoms with van der Waals surface area (Å²) >= 11 is 8.80. The van der Waals surface area contributed by atoms with E-state index in [0.717, 1.165) is 56.5 Å². The molecule has 2 rings (SSSR count). The van der Waals surface area contributed by atoms with E-state index in [4.69, 9.17) is 21.3 Å². The molecule has 0 aliphatic carbocycles. The molecule has 0 saturated carbocycles. The highest BCUT2D eigenvalue weighted by atomic mass is 127. The first-order valence-electron chi connectivity index (χ1n) is 10.4. The fourth-order valence-corrected chi connectivity index (χ4v) is 5.65. The third kappa shape index (κ3) is 5.29. The zero-order valence-electron chi connectivity index (χ0n) is 17.2. The molecule has 0 spiro atoms. The second-order valence-electron chi connectivity index (χ2n) is 7.35. The molecule has 4 heteroatoms. The lowest BCUT2D eigenvalue weighted by Gasteiger charge is -2.36. The summed E-state index contributed by atoms with van der Waals surface area (Å²) in [5.41, 5.74) is 3.51. The molecule has 0 N–H and O–H groups in total. The Labute approximate surface area is 184 Å². The summed E-state index contributed by atoms with van der Waals surface area (Å²) in [5.74, 6) is 0.828. The van der Waals surface area contributed by atoms with Gasteiger partial charge in [0.2, 0.25) is 5.90 Å². The van der Waals surface area contributed by atoms with E-state index in [-0.39, 0.29) is 5.60 Å². The molecule has 2 nitrogen and oxygen atoms in total. The van der Waals surface area contributed by atoms with E-state index in [1.807, 2.05) is 24.3 Å². The van der Waals surface area contributed by atoms with E-state index in [9.17, 15) is 0 Å². The number of benzene rings is 1. The Morgan fingerprint density at radius 1 is 1.07 bits per heavy atom. The summed E-state index contributed by atoms with van der Waals surface area (Å²) in [6, 6.07) is 7.74. The van der Waals surface area contributed by atoms with E-state index in [1.165, 1.54) is 17.6 Å². The molecule has 2 atom stereocenters. The lowest BCUT2D eigenvalue weighted by atomic mass is 9.80. The van der Waals surface area contributed by atoms with Crippen molar-refractivity contribution in [3.05, 3.63) is 40.4 Å². The Morgan fingerprint density at radius 2 is 1.81 bits per heavy atom. The predicted molar refractivity (Wildman–Crippen MR) is 127 cm³/mol. The van der Waals surface area contributed by atoms with Crippen LogP contribution in [0.5, 0.6) is 0 Å². The number of rotatable bonds is 10. The van der Waals surface area contributed by atoms with Gasteiger partial charge in [0.15, 0.2) is 0 Å². The van der Waals surface area contributed by atoms with Gasteiger partial charge in [-0.1, -0.05) is 93.6 Å². The van der Waals surface area contributed by atoms with E-state index >= 15 is 0 Å².